The number of unbranched alkanes of at least 4 members (excludes halogenated alkanes) is 1. The van der Waals surface area contributed by atoms with E-state index in [9.17, 15) is 4.79 Å². The van der Waals surface area contributed by atoms with E-state index in [2.05, 4.69) is 11.9 Å². The Balaban J connectivity index is 2.80. The van der Waals surface area contributed by atoms with E-state index in [0.717, 1.165) is 36.3 Å². The third-order valence-corrected chi connectivity index (χ3v) is 2.92. The summed E-state index contributed by atoms with van der Waals surface area (Å²) in [6.07, 6.45) is 4.89. The fraction of sp³-hybridized carbons (Fsp3) is 0.500. The van der Waals surface area contributed by atoms with Gasteiger partial charge in [-0.25, -0.2) is 0 Å². The minimum Gasteiger partial charge on any atom is -0.282 e. The van der Waals surface area contributed by atoms with Gasteiger partial charge in [0.2, 0.25) is 5.12 Å². The first-order valence-electron chi connectivity index (χ1n) is 5.40. The summed E-state index contributed by atoms with van der Waals surface area (Å²) in [6.45, 7) is 4.13. The number of aromatic nitrogens is 1. The van der Waals surface area contributed by atoms with E-state index in [-0.39, 0.29) is 5.12 Å². The Morgan fingerprint density at radius 2 is 2.27 bits per heavy atom. The third kappa shape index (κ3) is 3.67. The molecule has 2 nitrogen and oxygen atoms in total. The first kappa shape index (κ1) is 12.2. The Labute approximate surface area is 95.5 Å². The molecule has 0 saturated carbocycles. The average Bonchev–Trinajstić information content (AvgIpc) is 2.27. The Kier molecular flexibility index (Phi) is 5.40. The molecule has 1 heterocycles. The summed E-state index contributed by atoms with van der Waals surface area (Å²) in [7, 11) is 0. The standard InChI is InChI=1S/C12H17NOS/c1-3-5-8-11-10(7-6-9-13-11)12(14)15-4-2/h6-7,9H,3-5,8H2,1-2H3. The molecule has 0 spiro atoms. The van der Waals surface area contributed by atoms with Crippen LogP contribution in [0.1, 0.15) is 42.7 Å². The van der Waals surface area contributed by atoms with Crippen LogP contribution in [0.25, 0.3) is 0 Å². The minimum absolute atomic E-state index is 0.150. The summed E-state index contributed by atoms with van der Waals surface area (Å²) in [4.78, 5) is 16.0. The van der Waals surface area contributed by atoms with Gasteiger partial charge < -0.3 is 0 Å². The van der Waals surface area contributed by atoms with Gasteiger partial charge >= 0.3 is 0 Å². The van der Waals surface area contributed by atoms with Gasteiger partial charge in [0.05, 0.1) is 11.3 Å². The maximum Gasteiger partial charge on any atom is 0.221 e. The van der Waals surface area contributed by atoms with Crippen LogP contribution in [0.3, 0.4) is 0 Å². The Hall–Kier alpha value is -0.830. The summed E-state index contributed by atoms with van der Waals surface area (Å²) in [5.74, 6) is 0.820. The smallest absolute Gasteiger partial charge is 0.221 e. The fourth-order valence-electron chi connectivity index (χ4n) is 1.38. The van der Waals surface area contributed by atoms with E-state index in [1.165, 1.54) is 11.8 Å². The Morgan fingerprint density at radius 3 is 2.93 bits per heavy atom. The van der Waals surface area contributed by atoms with Crippen LogP contribution < -0.4 is 0 Å². The van der Waals surface area contributed by atoms with E-state index in [1.807, 2.05) is 19.1 Å². The summed E-state index contributed by atoms with van der Waals surface area (Å²) in [5, 5.41) is 0.150. The predicted molar refractivity (Wildman–Crippen MR) is 65.3 cm³/mol. The summed E-state index contributed by atoms with van der Waals surface area (Å²) < 4.78 is 0. The van der Waals surface area contributed by atoms with E-state index in [4.69, 9.17) is 0 Å². The molecule has 0 aliphatic carbocycles. The lowest BCUT2D eigenvalue weighted by atomic mass is 10.1. The predicted octanol–water partition coefficient (Wildman–Crippen LogP) is 3.32. The molecule has 0 bridgehead atoms. The van der Waals surface area contributed by atoms with Gasteiger partial charge in [0.25, 0.3) is 0 Å². The molecule has 0 unspecified atom stereocenters. The van der Waals surface area contributed by atoms with Crippen LogP contribution in [-0.4, -0.2) is 15.9 Å². The van der Waals surface area contributed by atoms with Crippen molar-refractivity contribution in [3.63, 3.8) is 0 Å². The zero-order chi connectivity index (χ0) is 11.1. The molecule has 0 aromatic carbocycles. The molecule has 0 fully saturated rings. The van der Waals surface area contributed by atoms with Gasteiger partial charge in [0.15, 0.2) is 0 Å². The molecule has 1 aromatic rings. The van der Waals surface area contributed by atoms with Crippen molar-refractivity contribution < 1.29 is 4.79 Å². The normalized spacial score (nSPS) is 10.3. The maximum atomic E-state index is 11.8. The molecular weight excluding hydrogens is 206 g/mol. The van der Waals surface area contributed by atoms with Crippen molar-refractivity contribution in [3.05, 3.63) is 29.6 Å². The van der Waals surface area contributed by atoms with Gasteiger partial charge in [-0.3, -0.25) is 9.78 Å². The number of hydrogen-bond acceptors (Lipinski definition) is 3. The summed E-state index contributed by atoms with van der Waals surface area (Å²) >= 11 is 1.35. The van der Waals surface area contributed by atoms with Gasteiger partial charge in [-0.15, -0.1) is 0 Å². The molecule has 0 aliphatic heterocycles. The van der Waals surface area contributed by atoms with Gasteiger partial charge in [0.1, 0.15) is 0 Å². The number of thioether (sulfide) groups is 1. The van der Waals surface area contributed by atoms with Crippen LogP contribution in [-0.2, 0) is 6.42 Å². The van der Waals surface area contributed by atoms with E-state index < -0.39 is 0 Å². The van der Waals surface area contributed by atoms with Crippen molar-refractivity contribution in [2.75, 3.05) is 5.75 Å². The number of pyridine rings is 1. The highest BCUT2D eigenvalue weighted by molar-refractivity contribution is 8.14. The van der Waals surface area contributed by atoms with Crippen LogP contribution in [0, 0.1) is 0 Å². The second-order valence-electron chi connectivity index (χ2n) is 3.32. The van der Waals surface area contributed by atoms with Crippen molar-refractivity contribution in [1.29, 1.82) is 0 Å². The van der Waals surface area contributed by atoms with Crippen LogP contribution in [0.5, 0.6) is 0 Å². The molecule has 15 heavy (non-hydrogen) atoms. The van der Waals surface area contributed by atoms with E-state index >= 15 is 0 Å². The van der Waals surface area contributed by atoms with Gasteiger partial charge in [-0.05, 0) is 30.7 Å². The fourth-order valence-corrected chi connectivity index (χ4v) is 1.98. The number of rotatable bonds is 5. The lowest BCUT2D eigenvalue weighted by molar-refractivity contribution is 0.108. The van der Waals surface area contributed by atoms with Crippen molar-refractivity contribution in [2.45, 2.75) is 33.1 Å². The first-order chi connectivity index (χ1) is 7.29. The zero-order valence-corrected chi connectivity index (χ0v) is 10.1. The molecule has 0 amide bonds. The topological polar surface area (TPSA) is 30.0 Å². The molecule has 1 rings (SSSR count). The van der Waals surface area contributed by atoms with Crippen molar-refractivity contribution in [2.24, 2.45) is 0 Å². The Bertz CT molecular complexity index is 325. The molecule has 3 heteroatoms. The van der Waals surface area contributed by atoms with Crippen LogP contribution in [0.4, 0.5) is 0 Å². The second-order valence-corrected chi connectivity index (χ2v) is 4.56. The molecule has 0 aliphatic rings. The lowest BCUT2D eigenvalue weighted by Crippen LogP contribution is -2.02. The highest BCUT2D eigenvalue weighted by Gasteiger charge is 2.10. The average molecular weight is 223 g/mol. The van der Waals surface area contributed by atoms with Crippen molar-refractivity contribution >= 4 is 16.9 Å². The highest BCUT2D eigenvalue weighted by atomic mass is 32.2. The molecule has 1 aromatic heterocycles. The summed E-state index contributed by atoms with van der Waals surface area (Å²) in [6, 6.07) is 3.71. The van der Waals surface area contributed by atoms with Crippen LogP contribution in [0.15, 0.2) is 18.3 Å². The van der Waals surface area contributed by atoms with Crippen LogP contribution >= 0.6 is 11.8 Å². The van der Waals surface area contributed by atoms with Crippen molar-refractivity contribution in [1.82, 2.24) is 4.98 Å². The number of carbonyl (C=O) groups is 1. The minimum atomic E-state index is 0.150. The van der Waals surface area contributed by atoms with Crippen molar-refractivity contribution in [3.8, 4) is 0 Å². The lowest BCUT2D eigenvalue weighted by Gasteiger charge is -2.05. The zero-order valence-electron chi connectivity index (χ0n) is 9.32. The quantitative estimate of drug-likeness (QED) is 0.767. The molecule has 0 radical (unpaired) electrons. The molecule has 0 atom stereocenters. The van der Waals surface area contributed by atoms with Gasteiger partial charge in [-0.1, -0.05) is 32.0 Å². The maximum absolute atomic E-state index is 11.8. The van der Waals surface area contributed by atoms with E-state index in [0.29, 0.717) is 0 Å². The molecular formula is C12H17NOS. The molecule has 0 saturated heterocycles. The first-order valence-corrected chi connectivity index (χ1v) is 6.39. The second kappa shape index (κ2) is 6.62. The molecule has 0 N–H and O–H groups in total. The van der Waals surface area contributed by atoms with E-state index in [1.54, 1.807) is 6.20 Å². The number of aryl methyl sites for hydroxylation is 1. The number of hydrogen-bond donors (Lipinski definition) is 0. The summed E-state index contributed by atoms with van der Waals surface area (Å²) in [5.41, 5.74) is 1.74. The number of nitrogens with zero attached hydrogens (tertiary/aromatic N) is 1. The number of carbonyl (C=O) groups excluding carboxylic acids is 1. The van der Waals surface area contributed by atoms with Crippen LogP contribution in [0.2, 0.25) is 0 Å². The SMILES string of the molecule is CCCCc1ncccc1C(=O)SCC. The van der Waals surface area contributed by atoms with Gasteiger partial charge in [0, 0.05) is 6.20 Å². The molecule has 82 valence electrons. The largest absolute Gasteiger partial charge is 0.282 e. The Morgan fingerprint density at radius 1 is 1.47 bits per heavy atom. The third-order valence-electron chi connectivity index (χ3n) is 2.15. The monoisotopic (exact) mass is 223 g/mol. The highest BCUT2D eigenvalue weighted by Crippen LogP contribution is 2.16. The van der Waals surface area contributed by atoms with Gasteiger partial charge in [-0.2, -0.15) is 0 Å².